The Morgan fingerprint density at radius 2 is 2.11 bits per heavy atom. The predicted octanol–water partition coefficient (Wildman–Crippen LogP) is 2.21. The Morgan fingerprint density at radius 1 is 1.42 bits per heavy atom. The molecule has 1 aromatic carbocycles. The number of hydrogen-bond donors (Lipinski definition) is 1. The second-order valence-corrected chi connectivity index (χ2v) is 4.76. The van der Waals surface area contributed by atoms with Gasteiger partial charge in [0.05, 0.1) is 6.61 Å². The Hall–Kier alpha value is -1.79. The van der Waals surface area contributed by atoms with E-state index in [9.17, 15) is 4.79 Å². The zero-order valence-electron chi connectivity index (χ0n) is 12.0. The van der Waals surface area contributed by atoms with Crippen molar-refractivity contribution in [2.24, 2.45) is 0 Å². The van der Waals surface area contributed by atoms with Gasteiger partial charge >= 0.3 is 0 Å². The lowest BCUT2D eigenvalue weighted by atomic mass is 10.0. The molecule has 0 aliphatic rings. The molecule has 1 N–H and O–H groups in total. The van der Waals surface area contributed by atoms with Crippen molar-refractivity contribution in [3.8, 4) is 11.8 Å². The zero-order valence-corrected chi connectivity index (χ0v) is 12.0. The van der Waals surface area contributed by atoms with Crippen LogP contribution in [0.1, 0.15) is 41.8 Å². The van der Waals surface area contributed by atoms with Gasteiger partial charge in [-0.15, -0.1) is 0 Å². The average Bonchev–Trinajstić information content (AvgIpc) is 2.39. The summed E-state index contributed by atoms with van der Waals surface area (Å²) in [6.07, 6.45) is 0.448. The molecule has 3 heteroatoms. The van der Waals surface area contributed by atoms with E-state index in [1.807, 2.05) is 39.0 Å². The monoisotopic (exact) mass is 259 g/mol. The average molecular weight is 259 g/mol. The van der Waals surface area contributed by atoms with Gasteiger partial charge in [-0.3, -0.25) is 4.79 Å². The van der Waals surface area contributed by atoms with Crippen LogP contribution < -0.4 is 0 Å². The van der Waals surface area contributed by atoms with Gasteiger partial charge in [-0.25, -0.2) is 0 Å². The van der Waals surface area contributed by atoms with Crippen molar-refractivity contribution in [2.75, 3.05) is 13.7 Å². The lowest BCUT2D eigenvalue weighted by Crippen LogP contribution is -2.33. The van der Waals surface area contributed by atoms with Gasteiger partial charge < -0.3 is 10.0 Å². The number of rotatable bonds is 3. The molecule has 0 spiro atoms. The molecular formula is C16H21NO2. The van der Waals surface area contributed by atoms with Gasteiger partial charge in [-0.1, -0.05) is 17.9 Å². The molecule has 0 bridgehead atoms. The summed E-state index contributed by atoms with van der Waals surface area (Å²) in [5, 5.41) is 8.73. The van der Waals surface area contributed by atoms with Crippen LogP contribution in [0.15, 0.2) is 18.2 Å². The molecule has 0 fully saturated rings. The number of benzene rings is 1. The molecule has 0 radical (unpaired) electrons. The van der Waals surface area contributed by atoms with Crippen LogP contribution >= 0.6 is 0 Å². The minimum atomic E-state index is 0.0123. The Labute approximate surface area is 115 Å². The van der Waals surface area contributed by atoms with Gasteiger partial charge in [0.25, 0.3) is 5.91 Å². The van der Waals surface area contributed by atoms with E-state index in [0.29, 0.717) is 12.0 Å². The molecule has 0 saturated heterocycles. The Bertz CT molecular complexity index is 509. The largest absolute Gasteiger partial charge is 0.395 e. The quantitative estimate of drug-likeness (QED) is 0.845. The number of nitrogens with zero attached hydrogens (tertiary/aromatic N) is 1. The molecule has 0 aliphatic heterocycles. The molecule has 1 aromatic rings. The fourth-order valence-corrected chi connectivity index (χ4v) is 1.64. The molecule has 0 aromatic heterocycles. The third kappa shape index (κ3) is 3.84. The van der Waals surface area contributed by atoms with Crippen molar-refractivity contribution in [1.82, 2.24) is 4.90 Å². The first kappa shape index (κ1) is 15.3. The van der Waals surface area contributed by atoms with Crippen LogP contribution in [0.4, 0.5) is 0 Å². The SMILES string of the molecule is Cc1c(C#CCCO)cccc1C(=O)N(C)C(C)C. The van der Waals surface area contributed by atoms with Crippen LogP contribution in [0, 0.1) is 18.8 Å². The first-order valence-electron chi connectivity index (χ1n) is 6.45. The second-order valence-electron chi connectivity index (χ2n) is 4.76. The molecule has 0 heterocycles. The lowest BCUT2D eigenvalue weighted by molar-refractivity contribution is 0.0754. The summed E-state index contributed by atoms with van der Waals surface area (Å²) in [6, 6.07) is 5.73. The van der Waals surface area contributed by atoms with Crippen molar-refractivity contribution < 1.29 is 9.90 Å². The van der Waals surface area contributed by atoms with E-state index in [4.69, 9.17) is 5.11 Å². The highest BCUT2D eigenvalue weighted by molar-refractivity contribution is 5.96. The first-order valence-corrected chi connectivity index (χ1v) is 6.45. The molecular weight excluding hydrogens is 238 g/mol. The summed E-state index contributed by atoms with van der Waals surface area (Å²) in [5.74, 6) is 5.89. The van der Waals surface area contributed by atoms with Crippen molar-refractivity contribution in [3.63, 3.8) is 0 Å². The zero-order chi connectivity index (χ0) is 14.4. The first-order chi connectivity index (χ1) is 8.99. The van der Waals surface area contributed by atoms with E-state index in [1.165, 1.54) is 0 Å². The summed E-state index contributed by atoms with van der Waals surface area (Å²) in [4.78, 5) is 14.0. The second kappa shape index (κ2) is 6.96. The van der Waals surface area contributed by atoms with E-state index >= 15 is 0 Å². The Morgan fingerprint density at radius 3 is 2.68 bits per heavy atom. The maximum Gasteiger partial charge on any atom is 0.254 e. The van der Waals surface area contributed by atoms with Crippen molar-refractivity contribution in [1.29, 1.82) is 0 Å². The third-order valence-corrected chi connectivity index (χ3v) is 3.12. The third-order valence-electron chi connectivity index (χ3n) is 3.12. The number of carbonyl (C=O) groups excluding carboxylic acids is 1. The van der Waals surface area contributed by atoms with Crippen molar-refractivity contribution in [2.45, 2.75) is 33.2 Å². The van der Waals surface area contributed by atoms with Crippen LogP contribution in [-0.2, 0) is 0 Å². The van der Waals surface area contributed by atoms with E-state index < -0.39 is 0 Å². The van der Waals surface area contributed by atoms with Crippen molar-refractivity contribution in [3.05, 3.63) is 34.9 Å². The van der Waals surface area contributed by atoms with Crippen LogP contribution in [-0.4, -0.2) is 35.6 Å². The van der Waals surface area contributed by atoms with Crippen molar-refractivity contribution >= 4 is 5.91 Å². The fraction of sp³-hybridized carbons (Fsp3) is 0.438. The molecule has 0 unspecified atom stereocenters. The Kier molecular flexibility index (Phi) is 5.59. The highest BCUT2D eigenvalue weighted by Crippen LogP contribution is 2.15. The summed E-state index contributed by atoms with van der Waals surface area (Å²) in [7, 11) is 1.80. The smallest absolute Gasteiger partial charge is 0.254 e. The van der Waals surface area contributed by atoms with E-state index in [-0.39, 0.29) is 18.6 Å². The van der Waals surface area contributed by atoms with Gasteiger partial charge in [0, 0.05) is 30.6 Å². The van der Waals surface area contributed by atoms with Crippen LogP contribution in [0.3, 0.4) is 0 Å². The van der Waals surface area contributed by atoms with E-state index in [2.05, 4.69) is 11.8 Å². The van der Waals surface area contributed by atoms with Gasteiger partial charge in [0.15, 0.2) is 0 Å². The molecule has 0 saturated carbocycles. The van der Waals surface area contributed by atoms with E-state index in [1.54, 1.807) is 11.9 Å². The van der Waals surface area contributed by atoms with Gasteiger partial charge in [-0.2, -0.15) is 0 Å². The van der Waals surface area contributed by atoms with Gasteiger partial charge in [0.2, 0.25) is 0 Å². The normalized spacial score (nSPS) is 10.0. The number of hydrogen-bond acceptors (Lipinski definition) is 2. The maximum atomic E-state index is 12.3. The number of aliphatic hydroxyl groups is 1. The minimum Gasteiger partial charge on any atom is -0.395 e. The standard InChI is InChI=1S/C16H21NO2/c1-12(2)17(4)16(19)15-10-7-9-14(13(15)3)8-5-6-11-18/h7,9-10,12,18H,6,11H2,1-4H3. The Balaban J connectivity index is 3.08. The number of amides is 1. The molecule has 19 heavy (non-hydrogen) atoms. The van der Waals surface area contributed by atoms with Crippen LogP contribution in [0.25, 0.3) is 0 Å². The maximum absolute atomic E-state index is 12.3. The van der Waals surface area contributed by atoms with Crippen LogP contribution in [0.5, 0.6) is 0 Å². The molecule has 1 amide bonds. The summed E-state index contributed by atoms with van der Waals surface area (Å²) >= 11 is 0. The van der Waals surface area contributed by atoms with Gasteiger partial charge in [-0.05, 0) is 38.5 Å². The summed E-state index contributed by atoms with van der Waals surface area (Å²) in [5.41, 5.74) is 2.42. The van der Waals surface area contributed by atoms with E-state index in [0.717, 1.165) is 11.1 Å². The van der Waals surface area contributed by atoms with Gasteiger partial charge in [0.1, 0.15) is 0 Å². The molecule has 0 aliphatic carbocycles. The summed E-state index contributed by atoms with van der Waals surface area (Å²) in [6.45, 7) is 5.93. The number of aliphatic hydroxyl groups excluding tert-OH is 1. The topological polar surface area (TPSA) is 40.5 Å². The highest BCUT2D eigenvalue weighted by atomic mass is 16.2. The minimum absolute atomic E-state index is 0.0123. The molecule has 3 nitrogen and oxygen atoms in total. The molecule has 1 rings (SSSR count). The fourth-order valence-electron chi connectivity index (χ4n) is 1.64. The summed E-state index contributed by atoms with van der Waals surface area (Å²) < 4.78 is 0. The molecule has 0 atom stereocenters. The van der Waals surface area contributed by atoms with Crippen LogP contribution in [0.2, 0.25) is 0 Å². The lowest BCUT2D eigenvalue weighted by Gasteiger charge is -2.22. The highest BCUT2D eigenvalue weighted by Gasteiger charge is 2.17. The predicted molar refractivity (Wildman–Crippen MR) is 77.0 cm³/mol. The number of carbonyl (C=O) groups is 1. The molecule has 102 valence electrons.